The lowest BCUT2D eigenvalue weighted by molar-refractivity contribution is 0.0845. The van der Waals surface area contributed by atoms with Gasteiger partial charge in [-0.1, -0.05) is 0 Å². The number of rotatable bonds is 6. The number of piperidine rings is 1. The molecule has 2 saturated heterocycles. The lowest BCUT2D eigenvalue weighted by atomic mass is 9.96. The molecule has 0 bridgehead atoms. The number of nitrogens with one attached hydrogen (secondary N) is 1. The summed E-state index contributed by atoms with van der Waals surface area (Å²) in [6, 6.07) is 4.57. The van der Waals surface area contributed by atoms with E-state index in [1.165, 1.54) is 18.3 Å². The summed E-state index contributed by atoms with van der Waals surface area (Å²) in [4.78, 5) is 16.1. The van der Waals surface area contributed by atoms with E-state index in [0.29, 0.717) is 30.8 Å². The van der Waals surface area contributed by atoms with Gasteiger partial charge in [-0.05, 0) is 37.8 Å². The molecule has 180 valence electrons. The fourth-order valence-electron chi connectivity index (χ4n) is 4.67. The van der Waals surface area contributed by atoms with Crippen LogP contribution in [0.15, 0.2) is 30.7 Å². The van der Waals surface area contributed by atoms with Crippen LogP contribution in [0.25, 0.3) is 0 Å². The summed E-state index contributed by atoms with van der Waals surface area (Å²) >= 11 is 0. The average molecular weight is 471 g/mol. The molecule has 2 aliphatic rings. The Kier molecular flexibility index (Phi) is 6.61. The van der Waals surface area contributed by atoms with E-state index in [1.54, 1.807) is 6.33 Å². The first kappa shape index (κ1) is 22.6. The van der Waals surface area contributed by atoms with E-state index in [0.717, 1.165) is 50.3 Å². The molecule has 0 radical (unpaired) electrons. The van der Waals surface area contributed by atoms with E-state index in [1.807, 2.05) is 17.7 Å². The second kappa shape index (κ2) is 9.96. The summed E-state index contributed by atoms with van der Waals surface area (Å²) in [5, 5.41) is 11.5. The SMILES string of the molecule is Cn1cnnc1C1CCCN(c2nc(Nc3cc(C(F)F)ccn3)cc(C3CCOCC3)n2)C1. The van der Waals surface area contributed by atoms with Crippen molar-refractivity contribution in [1.29, 1.82) is 0 Å². The highest BCUT2D eigenvalue weighted by atomic mass is 19.3. The predicted molar refractivity (Wildman–Crippen MR) is 122 cm³/mol. The van der Waals surface area contributed by atoms with E-state index in [-0.39, 0.29) is 17.4 Å². The van der Waals surface area contributed by atoms with Crippen LogP contribution in [0, 0.1) is 0 Å². The van der Waals surface area contributed by atoms with Gasteiger partial charge in [0.15, 0.2) is 0 Å². The molecule has 2 fully saturated rings. The molecule has 5 rings (SSSR count). The second-order valence-corrected chi connectivity index (χ2v) is 8.85. The zero-order chi connectivity index (χ0) is 23.5. The second-order valence-electron chi connectivity index (χ2n) is 8.85. The summed E-state index contributed by atoms with van der Waals surface area (Å²) in [5.74, 6) is 2.95. The third-order valence-electron chi connectivity index (χ3n) is 6.48. The molecule has 5 heterocycles. The summed E-state index contributed by atoms with van der Waals surface area (Å²) in [5.41, 5.74) is 0.848. The number of aromatic nitrogens is 6. The summed E-state index contributed by atoms with van der Waals surface area (Å²) in [6.07, 6.45) is 4.32. The minimum atomic E-state index is -2.56. The standard InChI is InChI=1S/C23H28F2N8O/c1-32-14-27-31-22(32)17-3-2-8-33(13-17)23-28-18(15-5-9-34-10-6-15)12-20(30-23)29-19-11-16(21(24)25)4-7-26-19/h4,7,11-12,14-15,17,21H,2-3,5-6,8-10,13H2,1H3,(H,26,28,29,30). The van der Waals surface area contributed by atoms with Crippen LogP contribution in [-0.2, 0) is 11.8 Å². The van der Waals surface area contributed by atoms with Gasteiger partial charge in [0.05, 0.1) is 5.69 Å². The molecule has 34 heavy (non-hydrogen) atoms. The number of alkyl halides is 2. The number of ether oxygens (including phenoxy) is 1. The summed E-state index contributed by atoms with van der Waals surface area (Å²) in [6.45, 7) is 2.97. The maximum atomic E-state index is 13.2. The molecule has 0 aliphatic carbocycles. The Balaban J connectivity index is 1.45. The Morgan fingerprint density at radius 3 is 2.71 bits per heavy atom. The van der Waals surface area contributed by atoms with E-state index >= 15 is 0 Å². The number of pyridine rings is 1. The molecule has 1 unspecified atom stereocenters. The van der Waals surface area contributed by atoms with Gasteiger partial charge < -0.3 is 19.5 Å². The molecule has 9 nitrogen and oxygen atoms in total. The lowest BCUT2D eigenvalue weighted by Crippen LogP contribution is -2.36. The largest absolute Gasteiger partial charge is 0.381 e. The molecule has 3 aromatic heterocycles. The predicted octanol–water partition coefficient (Wildman–Crippen LogP) is 3.96. The van der Waals surface area contributed by atoms with Gasteiger partial charge in [-0.2, -0.15) is 4.98 Å². The monoisotopic (exact) mass is 470 g/mol. The first-order valence-corrected chi connectivity index (χ1v) is 11.6. The highest BCUT2D eigenvalue weighted by Crippen LogP contribution is 2.32. The van der Waals surface area contributed by atoms with Crippen molar-refractivity contribution in [1.82, 2.24) is 29.7 Å². The van der Waals surface area contributed by atoms with Gasteiger partial charge in [0.25, 0.3) is 6.43 Å². The first-order chi connectivity index (χ1) is 16.6. The van der Waals surface area contributed by atoms with Crippen molar-refractivity contribution in [3.8, 4) is 0 Å². The molecule has 0 spiro atoms. The van der Waals surface area contributed by atoms with Crippen LogP contribution in [0.1, 0.15) is 61.0 Å². The van der Waals surface area contributed by atoms with Crippen molar-refractivity contribution in [3.05, 3.63) is 47.8 Å². The van der Waals surface area contributed by atoms with E-state index in [9.17, 15) is 8.78 Å². The third kappa shape index (κ3) is 4.98. The van der Waals surface area contributed by atoms with E-state index < -0.39 is 6.43 Å². The molecule has 11 heteroatoms. The van der Waals surface area contributed by atoms with Gasteiger partial charge >= 0.3 is 0 Å². The van der Waals surface area contributed by atoms with Gasteiger partial charge in [0.1, 0.15) is 23.8 Å². The maximum Gasteiger partial charge on any atom is 0.264 e. The van der Waals surface area contributed by atoms with Crippen molar-refractivity contribution in [2.75, 3.05) is 36.5 Å². The van der Waals surface area contributed by atoms with Crippen molar-refractivity contribution < 1.29 is 13.5 Å². The van der Waals surface area contributed by atoms with Crippen LogP contribution >= 0.6 is 0 Å². The Hall–Kier alpha value is -3.21. The fourth-order valence-corrected chi connectivity index (χ4v) is 4.67. The molecular weight excluding hydrogens is 442 g/mol. The zero-order valence-electron chi connectivity index (χ0n) is 19.1. The van der Waals surface area contributed by atoms with Crippen LogP contribution < -0.4 is 10.2 Å². The van der Waals surface area contributed by atoms with Gasteiger partial charge in [-0.3, -0.25) is 0 Å². The number of hydrogen-bond donors (Lipinski definition) is 1. The Bertz CT molecular complexity index is 1120. The number of nitrogens with zero attached hydrogens (tertiary/aromatic N) is 7. The van der Waals surface area contributed by atoms with Crippen molar-refractivity contribution in [2.24, 2.45) is 7.05 Å². The van der Waals surface area contributed by atoms with Crippen LogP contribution in [0.2, 0.25) is 0 Å². The van der Waals surface area contributed by atoms with Gasteiger partial charge in [0.2, 0.25) is 5.95 Å². The fraction of sp³-hybridized carbons (Fsp3) is 0.522. The number of anilines is 3. The summed E-state index contributed by atoms with van der Waals surface area (Å²) in [7, 11) is 1.96. The number of aryl methyl sites for hydroxylation is 1. The molecule has 0 amide bonds. The van der Waals surface area contributed by atoms with E-state index in [2.05, 4.69) is 25.4 Å². The topological polar surface area (TPSA) is 93.9 Å². The molecular formula is C23H28F2N8O. The zero-order valence-corrected chi connectivity index (χ0v) is 19.1. The van der Waals surface area contributed by atoms with Gasteiger partial charge in [0, 0.05) is 63.0 Å². The van der Waals surface area contributed by atoms with Crippen molar-refractivity contribution >= 4 is 17.6 Å². The number of hydrogen-bond acceptors (Lipinski definition) is 8. The maximum absolute atomic E-state index is 13.2. The Labute approximate surface area is 196 Å². The van der Waals surface area contributed by atoms with Crippen LogP contribution in [0.5, 0.6) is 0 Å². The third-order valence-corrected chi connectivity index (χ3v) is 6.48. The molecule has 2 aliphatic heterocycles. The molecule has 0 saturated carbocycles. The van der Waals surface area contributed by atoms with Crippen LogP contribution in [-0.4, -0.2) is 56.0 Å². The van der Waals surface area contributed by atoms with E-state index in [4.69, 9.17) is 14.7 Å². The number of halogens is 2. The van der Waals surface area contributed by atoms with Gasteiger partial charge in [-0.15, -0.1) is 10.2 Å². The molecule has 0 aromatic carbocycles. The van der Waals surface area contributed by atoms with Crippen molar-refractivity contribution in [2.45, 2.75) is 43.9 Å². The normalized spacial score (nSPS) is 19.5. The molecule has 1 N–H and O–H groups in total. The average Bonchev–Trinajstić information content (AvgIpc) is 3.30. The quantitative estimate of drug-likeness (QED) is 0.579. The highest BCUT2D eigenvalue weighted by molar-refractivity contribution is 5.55. The minimum absolute atomic E-state index is 0.0843. The molecule has 1 atom stereocenters. The molecule has 3 aromatic rings. The summed E-state index contributed by atoms with van der Waals surface area (Å²) < 4.78 is 33.8. The Morgan fingerprint density at radius 2 is 1.94 bits per heavy atom. The van der Waals surface area contributed by atoms with Crippen LogP contribution in [0.4, 0.5) is 26.4 Å². The van der Waals surface area contributed by atoms with Crippen LogP contribution in [0.3, 0.4) is 0 Å². The lowest BCUT2D eigenvalue weighted by Gasteiger charge is -2.33. The van der Waals surface area contributed by atoms with Crippen molar-refractivity contribution in [3.63, 3.8) is 0 Å². The highest BCUT2D eigenvalue weighted by Gasteiger charge is 2.28. The first-order valence-electron chi connectivity index (χ1n) is 11.6. The smallest absolute Gasteiger partial charge is 0.264 e. The Morgan fingerprint density at radius 1 is 1.09 bits per heavy atom. The van der Waals surface area contributed by atoms with Gasteiger partial charge in [-0.25, -0.2) is 18.7 Å². The minimum Gasteiger partial charge on any atom is -0.381 e.